The Kier molecular flexibility index (Phi) is 4.21. The van der Waals surface area contributed by atoms with E-state index in [1.54, 1.807) is 25.1 Å². The number of halogens is 2. The maximum atomic E-state index is 12.4. The quantitative estimate of drug-likeness (QED) is 0.857. The number of carbonyl (C=O) groups is 1. The zero-order chi connectivity index (χ0) is 13.8. The highest BCUT2D eigenvalue weighted by Gasteiger charge is 2.15. The maximum Gasteiger partial charge on any atom is 0.288 e. The molecule has 0 aliphatic heterocycles. The first-order chi connectivity index (χ1) is 9.08. The van der Waals surface area contributed by atoms with Crippen molar-refractivity contribution in [3.8, 4) is 0 Å². The number of thioether (sulfide) groups is 1. The number of para-hydroxylation sites is 1. The Bertz CT molecular complexity index is 584. The minimum absolute atomic E-state index is 0.326. The van der Waals surface area contributed by atoms with Crippen LogP contribution in [0.5, 0.6) is 0 Å². The van der Waals surface area contributed by atoms with E-state index in [0.29, 0.717) is 33.7 Å². The number of benzene rings is 1. The summed E-state index contributed by atoms with van der Waals surface area (Å²) >= 11 is 0.397. The van der Waals surface area contributed by atoms with Gasteiger partial charge in [0.25, 0.3) is 11.7 Å². The SMILES string of the molecule is Cc1occc1C(=O)Nc1ccccc1SC(F)F. The van der Waals surface area contributed by atoms with Gasteiger partial charge in [-0.1, -0.05) is 23.9 Å². The predicted octanol–water partition coefficient (Wildman–Crippen LogP) is 4.16. The Morgan fingerprint density at radius 2 is 2.05 bits per heavy atom. The molecule has 0 atom stereocenters. The van der Waals surface area contributed by atoms with Gasteiger partial charge in [0.2, 0.25) is 0 Å². The first-order valence-electron chi connectivity index (χ1n) is 5.47. The molecule has 0 saturated heterocycles. The molecule has 1 aromatic heterocycles. The van der Waals surface area contributed by atoms with Crippen molar-refractivity contribution in [3.63, 3.8) is 0 Å². The summed E-state index contributed by atoms with van der Waals surface area (Å²) in [6.45, 7) is 1.66. The third kappa shape index (κ3) is 3.35. The van der Waals surface area contributed by atoms with Gasteiger partial charge in [0.05, 0.1) is 17.5 Å². The Hall–Kier alpha value is -1.82. The third-order valence-corrected chi connectivity index (χ3v) is 3.24. The molecule has 0 bridgehead atoms. The Balaban J connectivity index is 2.19. The van der Waals surface area contributed by atoms with E-state index in [1.807, 2.05) is 0 Å². The lowest BCUT2D eigenvalue weighted by atomic mass is 10.2. The molecule has 1 N–H and O–H groups in total. The Morgan fingerprint density at radius 3 is 2.68 bits per heavy atom. The Labute approximate surface area is 113 Å². The molecule has 19 heavy (non-hydrogen) atoms. The molecule has 2 rings (SSSR count). The molecule has 2 aromatic rings. The molecule has 0 spiro atoms. The normalized spacial score (nSPS) is 10.7. The van der Waals surface area contributed by atoms with Gasteiger partial charge in [-0.2, -0.15) is 8.78 Å². The summed E-state index contributed by atoms with van der Waals surface area (Å²) < 4.78 is 29.9. The minimum Gasteiger partial charge on any atom is -0.469 e. The number of furan rings is 1. The number of amides is 1. The van der Waals surface area contributed by atoms with Crippen molar-refractivity contribution in [1.82, 2.24) is 0 Å². The zero-order valence-corrected chi connectivity index (χ0v) is 10.8. The predicted molar refractivity (Wildman–Crippen MR) is 69.7 cm³/mol. The van der Waals surface area contributed by atoms with Gasteiger partial charge in [-0.05, 0) is 25.1 Å². The lowest BCUT2D eigenvalue weighted by Crippen LogP contribution is -2.12. The molecular weight excluding hydrogens is 272 g/mol. The second-order valence-corrected chi connectivity index (χ2v) is 4.75. The summed E-state index contributed by atoms with van der Waals surface area (Å²) in [5.41, 5.74) is 0.746. The molecule has 0 aliphatic carbocycles. The van der Waals surface area contributed by atoms with Crippen LogP contribution in [0, 0.1) is 6.92 Å². The first-order valence-corrected chi connectivity index (χ1v) is 6.35. The van der Waals surface area contributed by atoms with Crippen molar-refractivity contribution in [1.29, 1.82) is 0 Å². The molecule has 6 heteroatoms. The maximum absolute atomic E-state index is 12.4. The van der Waals surface area contributed by atoms with E-state index in [-0.39, 0.29) is 5.91 Å². The van der Waals surface area contributed by atoms with Crippen LogP contribution < -0.4 is 5.32 Å². The summed E-state index contributed by atoms with van der Waals surface area (Å²) in [6.07, 6.45) is 1.41. The second-order valence-electron chi connectivity index (χ2n) is 3.72. The van der Waals surface area contributed by atoms with Crippen molar-refractivity contribution >= 4 is 23.4 Å². The van der Waals surface area contributed by atoms with E-state index in [0.717, 1.165) is 0 Å². The van der Waals surface area contributed by atoms with Gasteiger partial charge in [0, 0.05) is 4.90 Å². The van der Waals surface area contributed by atoms with Gasteiger partial charge in [-0.15, -0.1) is 0 Å². The van der Waals surface area contributed by atoms with Crippen LogP contribution in [0.3, 0.4) is 0 Å². The molecule has 0 unspecified atom stereocenters. The van der Waals surface area contributed by atoms with Crippen molar-refractivity contribution in [3.05, 3.63) is 47.9 Å². The first kappa shape index (κ1) is 13.6. The fraction of sp³-hybridized carbons (Fsp3) is 0.154. The number of anilines is 1. The lowest BCUT2D eigenvalue weighted by molar-refractivity contribution is 0.102. The van der Waals surface area contributed by atoms with Gasteiger partial charge in [0.1, 0.15) is 5.76 Å². The van der Waals surface area contributed by atoms with E-state index in [9.17, 15) is 13.6 Å². The van der Waals surface area contributed by atoms with Gasteiger partial charge < -0.3 is 9.73 Å². The van der Waals surface area contributed by atoms with Gasteiger partial charge in [-0.3, -0.25) is 4.79 Å². The van der Waals surface area contributed by atoms with E-state index < -0.39 is 5.76 Å². The number of aryl methyl sites for hydroxylation is 1. The highest BCUT2D eigenvalue weighted by atomic mass is 32.2. The van der Waals surface area contributed by atoms with E-state index in [1.165, 1.54) is 18.4 Å². The largest absolute Gasteiger partial charge is 0.469 e. The summed E-state index contributed by atoms with van der Waals surface area (Å²) in [7, 11) is 0. The molecule has 0 aliphatic rings. The van der Waals surface area contributed by atoms with Crippen LogP contribution in [0.2, 0.25) is 0 Å². The third-order valence-electron chi connectivity index (χ3n) is 2.45. The summed E-state index contributed by atoms with van der Waals surface area (Å²) in [5.74, 6) is -2.43. The van der Waals surface area contributed by atoms with Gasteiger partial charge in [0.15, 0.2) is 0 Å². The minimum atomic E-state index is -2.53. The molecule has 100 valence electrons. The van der Waals surface area contributed by atoms with E-state index in [2.05, 4.69) is 5.32 Å². The van der Waals surface area contributed by atoms with Crippen molar-refractivity contribution < 1.29 is 18.0 Å². The van der Waals surface area contributed by atoms with Crippen LogP contribution in [0.25, 0.3) is 0 Å². The molecule has 3 nitrogen and oxygen atoms in total. The lowest BCUT2D eigenvalue weighted by Gasteiger charge is -2.09. The molecule has 1 amide bonds. The molecule has 0 fully saturated rings. The smallest absolute Gasteiger partial charge is 0.288 e. The van der Waals surface area contributed by atoms with Crippen LogP contribution >= 0.6 is 11.8 Å². The zero-order valence-electron chi connectivity index (χ0n) is 10.0. The summed E-state index contributed by atoms with van der Waals surface area (Å²) in [4.78, 5) is 12.3. The number of alkyl halides is 2. The highest BCUT2D eigenvalue weighted by Crippen LogP contribution is 2.31. The average Bonchev–Trinajstić information content (AvgIpc) is 2.77. The van der Waals surface area contributed by atoms with Gasteiger partial charge in [-0.25, -0.2) is 0 Å². The fourth-order valence-electron chi connectivity index (χ4n) is 1.58. The molecule has 0 saturated carbocycles. The number of carbonyl (C=O) groups excluding carboxylic acids is 1. The topological polar surface area (TPSA) is 42.2 Å². The van der Waals surface area contributed by atoms with Crippen molar-refractivity contribution in [2.24, 2.45) is 0 Å². The van der Waals surface area contributed by atoms with Crippen molar-refractivity contribution in [2.45, 2.75) is 17.6 Å². The van der Waals surface area contributed by atoms with Crippen LogP contribution in [0.15, 0.2) is 45.9 Å². The van der Waals surface area contributed by atoms with Crippen molar-refractivity contribution in [2.75, 3.05) is 5.32 Å². The average molecular weight is 283 g/mol. The Morgan fingerprint density at radius 1 is 1.32 bits per heavy atom. The molecule has 0 radical (unpaired) electrons. The van der Waals surface area contributed by atoms with E-state index in [4.69, 9.17) is 4.42 Å². The van der Waals surface area contributed by atoms with E-state index >= 15 is 0 Å². The second kappa shape index (κ2) is 5.88. The van der Waals surface area contributed by atoms with Gasteiger partial charge >= 0.3 is 0 Å². The van der Waals surface area contributed by atoms with Crippen LogP contribution in [-0.2, 0) is 0 Å². The number of hydrogen-bond donors (Lipinski definition) is 1. The monoisotopic (exact) mass is 283 g/mol. The summed E-state index contributed by atoms with van der Waals surface area (Å²) in [5, 5.41) is 2.61. The molecular formula is C13H11F2NO2S. The summed E-state index contributed by atoms with van der Waals surface area (Å²) in [6, 6.07) is 7.97. The van der Waals surface area contributed by atoms with Crippen LogP contribution in [0.1, 0.15) is 16.1 Å². The molecule has 1 heterocycles. The number of hydrogen-bond acceptors (Lipinski definition) is 3. The standard InChI is InChI=1S/C13H11F2NO2S/c1-8-9(6-7-18-8)12(17)16-10-4-2-3-5-11(10)19-13(14)15/h2-7,13H,1H3,(H,16,17). The van der Waals surface area contributed by atoms with Crippen LogP contribution in [0.4, 0.5) is 14.5 Å². The number of rotatable bonds is 4. The van der Waals surface area contributed by atoms with Crippen LogP contribution in [-0.4, -0.2) is 11.7 Å². The number of nitrogens with one attached hydrogen (secondary N) is 1. The fourth-order valence-corrected chi connectivity index (χ4v) is 2.17. The highest BCUT2D eigenvalue weighted by molar-refractivity contribution is 7.99. The molecule has 1 aromatic carbocycles.